The van der Waals surface area contributed by atoms with Gasteiger partial charge in [-0.2, -0.15) is 24.4 Å². The summed E-state index contributed by atoms with van der Waals surface area (Å²) < 4.78 is 5.41. The van der Waals surface area contributed by atoms with Gasteiger partial charge in [-0.3, -0.25) is 0 Å². The van der Waals surface area contributed by atoms with E-state index in [0.29, 0.717) is 5.41 Å². The molecule has 0 saturated carbocycles. The summed E-state index contributed by atoms with van der Waals surface area (Å²) in [5, 5.41) is 0. The summed E-state index contributed by atoms with van der Waals surface area (Å²) >= 11 is 6.61. The van der Waals surface area contributed by atoms with Gasteiger partial charge in [0.1, 0.15) is 0 Å². The van der Waals surface area contributed by atoms with Crippen molar-refractivity contribution in [3.8, 4) is 0 Å². The minimum absolute atomic E-state index is 0.472. The lowest BCUT2D eigenvalue weighted by Crippen LogP contribution is -2.33. The zero-order valence-corrected chi connectivity index (χ0v) is 10.8. The van der Waals surface area contributed by atoms with E-state index in [9.17, 15) is 0 Å². The summed E-state index contributed by atoms with van der Waals surface area (Å²) in [6.45, 7) is 4.13. The third-order valence-electron chi connectivity index (χ3n) is 2.94. The van der Waals surface area contributed by atoms with Gasteiger partial charge in [0.15, 0.2) is 0 Å². The van der Waals surface area contributed by atoms with Crippen LogP contribution in [0.5, 0.6) is 0 Å². The van der Waals surface area contributed by atoms with Crippen LogP contribution in [0.4, 0.5) is 0 Å². The molecule has 0 aromatic heterocycles. The number of hydrogen-bond acceptors (Lipinski definition) is 3. The highest BCUT2D eigenvalue weighted by molar-refractivity contribution is 7.99. The maximum atomic E-state index is 5.41. The third kappa shape index (κ3) is 4.03. The normalized spacial score (nSPS) is 21.0. The molecule has 1 rings (SSSR count). The highest BCUT2D eigenvalue weighted by Gasteiger charge is 2.30. The number of ether oxygens (including phenoxy) is 1. The van der Waals surface area contributed by atoms with Crippen molar-refractivity contribution in [3.05, 3.63) is 0 Å². The van der Waals surface area contributed by atoms with Crippen LogP contribution in [0.3, 0.4) is 0 Å². The molecule has 1 aliphatic heterocycles. The molecule has 0 N–H and O–H groups in total. The molecular weight excluding hydrogens is 212 g/mol. The number of rotatable bonds is 6. The molecule has 0 spiro atoms. The maximum absolute atomic E-state index is 5.41. The summed E-state index contributed by atoms with van der Waals surface area (Å²) in [7, 11) is 0. The molecule has 84 valence electrons. The monoisotopic (exact) mass is 234 g/mol. The first kappa shape index (κ1) is 12.7. The molecule has 1 fully saturated rings. The largest absolute Gasteiger partial charge is 0.381 e. The average Bonchev–Trinajstić information content (AvgIpc) is 2.26. The molecule has 0 radical (unpaired) electrons. The lowest BCUT2D eigenvalue weighted by Gasteiger charge is -2.35. The van der Waals surface area contributed by atoms with Crippen LogP contribution < -0.4 is 0 Å². The number of thioether (sulfide) groups is 1. The molecule has 14 heavy (non-hydrogen) atoms. The van der Waals surface area contributed by atoms with E-state index >= 15 is 0 Å². The fourth-order valence-electron chi connectivity index (χ4n) is 1.69. The lowest BCUT2D eigenvalue weighted by molar-refractivity contribution is 0.0371. The van der Waals surface area contributed by atoms with E-state index in [1.807, 2.05) is 0 Å². The van der Waals surface area contributed by atoms with Crippen molar-refractivity contribution in [3.63, 3.8) is 0 Å². The Bertz CT molecular complexity index is 144. The van der Waals surface area contributed by atoms with Crippen molar-refractivity contribution in [2.45, 2.75) is 32.6 Å². The van der Waals surface area contributed by atoms with E-state index in [-0.39, 0.29) is 0 Å². The molecule has 0 aliphatic carbocycles. The average molecular weight is 234 g/mol. The SMILES string of the molecule is CCCCSCC1(CS)CCOCC1. The first-order chi connectivity index (χ1) is 6.83. The van der Waals surface area contributed by atoms with E-state index in [0.717, 1.165) is 19.0 Å². The van der Waals surface area contributed by atoms with Gasteiger partial charge in [0.25, 0.3) is 0 Å². The Kier molecular flexibility index (Phi) is 6.38. The topological polar surface area (TPSA) is 9.23 Å². The van der Waals surface area contributed by atoms with Crippen LogP contribution in [0, 0.1) is 5.41 Å². The van der Waals surface area contributed by atoms with E-state index < -0.39 is 0 Å². The molecule has 1 saturated heterocycles. The Morgan fingerprint density at radius 1 is 1.36 bits per heavy atom. The van der Waals surface area contributed by atoms with Crippen LogP contribution in [-0.2, 0) is 4.74 Å². The van der Waals surface area contributed by atoms with Gasteiger partial charge < -0.3 is 4.74 Å². The Hall–Kier alpha value is 0.660. The molecule has 0 bridgehead atoms. The van der Waals surface area contributed by atoms with E-state index in [1.54, 1.807) is 0 Å². The summed E-state index contributed by atoms with van der Waals surface area (Å²) in [6.07, 6.45) is 5.07. The van der Waals surface area contributed by atoms with Crippen LogP contribution in [0.1, 0.15) is 32.6 Å². The van der Waals surface area contributed by atoms with Crippen molar-refractivity contribution in [2.75, 3.05) is 30.5 Å². The van der Waals surface area contributed by atoms with E-state index in [4.69, 9.17) is 4.74 Å². The quantitative estimate of drug-likeness (QED) is 0.558. The van der Waals surface area contributed by atoms with E-state index in [1.165, 1.54) is 37.2 Å². The fraction of sp³-hybridized carbons (Fsp3) is 1.00. The van der Waals surface area contributed by atoms with Crippen molar-refractivity contribution in [2.24, 2.45) is 5.41 Å². The van der Waals surface area contributed by atoms with Crippen molar-refractivity contribution in [1.82, 2.24) is 0 Å². The number of hydrogen-bond donors (Lipinski definition) is 1. The Morgan fingerprint density at radius 3 is 2.64 bits per heavy atom. The zero-order chi connectivity index (χ0) is 10.3. The smallest absolute Gasteiger partial charge is 0.0471 e. The van der Waals surface area contributed by atoms with E-state index in [2.05, 4.69) is 31.3 Å². The molecule has 3 heteroatoms. The second-order valence-electron chi connectivity index (χ2n) is 4.18. The maximum Gasteiger partial charge on any atom is 0.0471 e. The number of unbranched alkanes of at least 4 members (excludes halogenated alkanes) is 1. The van der Waals surface area contributed by atoms with Gasteiger partial charge in [-0.05, 0) is 41.9 Å². The Morgan fingerprint density at radius 2 is 2.07 bits per heavy atom. The molecule has 0 atom stereocenters. The van der Waals surface area contributed by atoms with Gasteiger partial charge in [-0.1, -0.05) is 13.3 Å². The minimum Gasteiger partial charge on any atom is -0.381 e. The molecule has 0 aromatic carbocycles. The summed E-state index contributed by atoms with van der Waals surface area (Å²) in [4.78, 5) is 0. The zero-order valence-electron chi connectivity index (χ0n) is 9.13. The molecule has 0 aromatic rings. The summed E-state index contributed by atoms with van der Waals surface area (Å²) in [5.41, 5.74) is 0.472. The van der Waals surface area contributed by atoms with Gasteiger partial charge in [-0.15, -0.1) is 0 Å². The van der Waals surface area contributed by atoms with Gasteiger partial charge >= 0.3 is 0 Å². The number of thiol groups is 1. The first-order valence-electron chi connectivity index (χ1n) is 5.59. The molecule has 1 nitrogen and oxygen atoms in total. The third-order valence-corrected chi connectivity index (χ3v) is 5.00. The molecular formula is C11H22OS2. The lowest BCUT2D eigenvalue weighted by atomic mass is 9.84. The highest BCUT2D eigenvalue weighted by atomic mass is 32.2. The second kappa shape index (κ2) is 7.02. The minimum atomic E-state index is 0.472. The highest BCUT2D eigenvalue weighted by Crippen LogP contribution is 2.35. The van der Waals surface area contributed by atoms with Crippen molar-refractivity contribution >= 4 is 24.4 Å². The summed E-state index contributed by atoms with van der Waals surface area (Å²) in [6, 6.07) is 0. The van der Waals surface area contributed by atoms with Crippen molar-refractivity contribution < 1.29 is 4.74 Å². The molecule has 1 aliphatic rings. The van der Waals surface area contributed by atoms with Gasteiger partial charge in [-0.25, -0.2) is 0 Å². The first-order valence-corrected chi connectivity index (χ1v) is 7.38. The van der Waals surface area contributed by atoms with Crippen LogP contribution in [0.25, 0.3) is 0 Å². The predicted molar refractivity (Wildman–Crippen MR) is 68.6 cm³/mol. The van der Waals surface area contributed by atoms with Crippen LogP contribution >= 0.6 is 24.4 Å². The second-order valence-corrected chi connectivity index (χ2v) is 5.60. The standard InChI is InChI=1S/C11H22OS2/c1-2-3-8-14-10-11(9-13)4-6-12-7-5-11/h13H,2-10H2,1H3. The van der Waals surface area contributed by atoms with Gasteiger partial charge in [0.2, 0.25) is 0 Å². The molecule has 0 unspecified atom stereocenters. The summed E-state index contributed by atoms with van der Waals surface area (Å²) in [5.74, 6) is 3.61. The molecule has 1 heterocycles. The van der Waals surface area contributed by atoms with Gasteiger partial charge in [0.05, 0.1) is 0 Å². The van der Waals surface area contributed by atoms with Crippen molar-refractivity contribution in [1.29, 1.82) is 0 Å². The van der Waals surface area contributed by atoms with Gasteiger partial charge in [0, 0.05) is 13.2 Å². The van der Waals surface area contributed by atoms with Crippen LogP contribution in [0.2, 0.25) is 0 Å². The van der Waals surface area contributed by atoms with Crippen LogP contribution in [-0.4, -0.2) is 30.5 Å². The van der Waals surface area contributed by atoms with Crippen LogP contribution in [0.15, 0.2) is 0 Å². The Labute approximate surface area is 97.8 Å². The fourth-order valence-corrected chi connectivity index (χ4v) is 3.73. The predicted octanol–water partition coefficient (Wildman–Crippen LogP) is 3.25. The Balaban J connectivity index is 2.22. The molecule has 0 amide bonds.